The summed E-state index contributed by atoms with van der Waals surface area (Å²) >= 11 is 17.3. The van der Waals surface area contributed by atoms with E-state index in [4.69, 9.17) is 27.9 Å². The summed E-state index contributed by atoms with van der Waals surface area (Å²) in [6.07, 6.45) is 1.74. The highest BCUT2D eigenvalue weighted by Crippen LogP contribution is 2.36. The number of rotatable bonds is 5. The molecule has 0 atom stereocenters. The van der Waals surface area contributed by atoms with Gasteiger partial charge in [-0.3, -0.25) is 0 Å². The molecule has 0 saturated heterocycles. The van der Waals surface area contributed by atoms with Crippen LogP contribution in [0.15, 0.2) is 76.2 Å². The minimum atomic E-state index is 0.609. The van der Waals surface area contributed by atoms with Crippen LogP contribution >= 0.6 is 51.1 Å². The lowest BCUT2D eigenvalue weighted by molar-refractivity contribution is 0.482. The third-order valence-electron chi connectivity index (χ3n) is 3.89. The van der Waals surface area contributed by atoms with Crippen molar-refractivity contribution in [1.29, 1.82) is 0 Å². The lowest BCUT2D eigenvalue weighted by Gasteiger charge is -2.09. The Labute approximate surface area is 179 Å². The Morgan fingerprint density at radius 3 is 2.22 bits per heavy atom. The number of ether oxygens (including phenoxy) is 1. The second kappa shape index (κ2) is 8.07. The smallest absolute Gasteiger partial charge is 0.127 e. The van der Waals surface area contributed by atoms with Gasteiger partial charge in [-0.2, -0.15) is 0 Å². The van der Waals surface area contributed by atoms with Crippen LogP contribution < -0.4 is 9.46 Å². The fourth-order valence-corrected chi connectivity index (χ4v) is 4.07. The van der Waals surface area contributed by atoms with Gasteiger partial charge >= 0.3 is 0 Å². The number of hydrogen-bond donors (Lipinski definition) is 2. The first-order valence-electron chi connectivity index (χ1n) is 8.01. The van der Waals surface area contributed by atoms with Crippen molar-refractivity contribution in [3.8, 4) is 11.5 Å². The number of aromatic nitrogens is 1. The fraction of sp³-hybridized carbons (Fsp3) is 0. The van der Waals surface area contributed by atoms with E-state index in [2.05, 4.69) is 25.6 Å². The average molecular weight is 480 g/mol. The van der Waals surface area contributed by atoms with Gasteiger partial charge in [-0.05, 0) is 72.6 Å². The highest BCUT2D eigenvalue weighted by Gasteiger charge is 2.10. The van der Waals surface area contributed by atoms with Gasteiger partial charge in [0.2, 0.25) is 0 Å². The second-order valence-corrected chi connectivity index (χ2v) is 8.32. The van der Waals surface area contributed by atoms with E-state index in [1.54, 1.807) is 6.20 Å². The zero-order valence-electron chi connectivity index (χ0n) is 13.8. The summed E-state index contributed by atoms with van der Waals surface area (Å²) in [5, 5.41) is 2.06. The van der Waals surface area contributed by atoms with E-state index in [1.807, 2.05) is 60.7 Å². The third kappa shape index (κ3) is 4.22. The summed E-state index contributed by atoms with van der Waals surface area (Å²) in [5.41, 5.74) is 1.80. The summed E-state index contributed by atoms with van der Waals surface area (Å²) in [5.74, 6) is 1.58. The Balaban J connectivity index is 1.45. The molecule has 7 heteroatoms. The molecule has 0 fully saturated rings. The molecule has 0 bridgehead atoms. The van der Waals surface area contributed by atoms with Crippen molar-refractivity contribution >= 4 is 67.7 Å². The minimum absolute atomic E-state index is 0.609. The van der Waals surface area contributed by atoms with E-state index in [0.29, 0.717) is 10.0 Å². The lowest BCUT2D eigenvalue weighted by atomic mass is 10.2. The first kappa shape index (κ1) is 18.6. The quantitative estimate of drug-likeness (QED) is 0.283. The highest BCUT2D eigenvalue weighted by molar-refractivity contribution is 9.10. The zero-order valence-corrected chi connectivity index (χ0v) is 17.7. The molecular formula is C20H13BrCl2N2OS. The molecule has 1 aromatic heterocycles. The summed E-state index contributed by atoms with van der Waals surface area (Å²) in [7, 11) is 0. The van der Waals surface area contributed by atoms with Crippen molar-refractivity contribution in [2.45, 2.75) is 4.90 Å². The Hall–Kier alpha value is -1.79. The average Bonchev–Trinajstić information content (AvgIpc) is 3.07. The van der Waals surface area contributed by atoms with Gasteiger partial charge in [-0.25, -0.2) is 0 Å². The monoisotopic (exact) mass is 478 g/mol. The van der Waals surface area contributed by atoms with Crippen molar-refractivity contribution in [2.24, 2.45) is 0 Å². The maximum Gasteiger partial charge on any atom is 0.127 e. The van der Waals surface area contributed by atoms with Gasteiger partial charge in [0.05, 0.1) is 21.2 Å². The van der Waals surface area contributed by atoms with E-state index < -0.39 is 0 Å². The maximum absolute atomic E-state index is 6.23. The summed E-state index contributed by atoms with van der Waals surface area (Å²) in [4.78, 5) is 4.21. The highest BCUT2D eigenvalue weighted by atomic mass is 79.9. The molecule has 0 aliphatic heterocycles. The maximum atomic E-state index is 6.23. The van der Waals surface area contributed by atoms with Gasteiger partial charge in [0, 0.05) is 21.0 Å². The number of halogens is 3. The molecule has 3 nitrogen and oxygen atoms in total. The van der Waals surface area contributed by atoms with E-state index in [9.17, 15) is 0 Å². The minimum Gasteiger partial charge on any atom is -0.457 e. The first-order valence-corrected chi connectivity index (χ1v) is 10.4. The number of aromatic amines is 1. The summed E-state index contributed by atoms with van der Waals surface area (Å²) in [6.45, 7) is 0. The van der Waals surface area contributed by atoms with E-state index in [1.165, 1.54) is 11.9 Å². The van der Waals surface area contributed by atoms with E-state index in [-0.39, 0.29) is 0 Å². The zero-order chi connectivity index (χ0) is 18.8. The Morgan fingerprint density at radius 1 is 0.852 bits per heavy atom. The second-order valence-electron chi connectivity index (χ2n) is 5.71. The number of H-pyrrole nitrogens is 1. The molecule has 0 saturated carbocycles. The molecule has 0 spiro atoms. The first-order chi connectivity index (χ1) is 13.1. The van der Waals surface area contributed by atoms with Crippen LogP contribution in [0, 0.1) is 0 Å². The number of benzene rings is 3. The van der Waals surface area contributed by atoms with Gasteiger partial charge in [0.25, 0.3) is 0 Å². The van der Waals surface area contributed by atoms with Crippen LogP contribution in [-0.2, 0) is 0 Å². The molecule has 0 aliphatic carbocycles. The van der Waals surface area contributed by atoms with Crippen molar-refractivity contribution in [2.75, 3.05) is 4.72 Å². The molecule has 4 rings (SSSR count). The van der Waals surface area contributed by atoms with E-state index in [0.717, 1.165) is 37.5 Å². The van der Waals surface area contributed by atoms with Gasteiger partial charge < -0.3 is 14.4 Å². The summed E-state index contributed by atoms with van der Waals surface area (Å²) < 4.78 is 10.2. The van der Waals surface area contributed by atoms with Gasteiger partial charge in [-0.15, -0.1) is 0 Å². The molecule has 0 aliphatic rings. The van der Waals surface area contributed by atoms with Gasteiger partial charge in [0.15, 0.2) is 0 Å². The molecule has 2 N–H and O–H groups in total. The van der Waals surface area contributed by atoms with Crippen LogP contribution in [0.1, 0.15) is 0 Å². The number of hydrogen-bond acceptors (Lipinski definition) is 3. The topological polar surface area (TPSA) is 37.0 Å². The van der Waals surface area contributed by atoms with Gasteiger partial charge in [-0.1, -0.05) is 39.1 Å². The number of anilines is 1. The molecule has 0 amide bonds. The molecular weight excluding hydrogens is 467 g/mol. The van der Waals surface area contributed by atoms with Crippen molar-refractivity contribution < 1.29 is 4.74 Å². The Bertz CT molecular complexity index is 1080. The normalized spacial score (nSPS) is 10.9. The van der Waals surface area contributed by atoms with Crippen molar-refractivity contribution in [3.05, 3.63) is 81.4 Å². The van der Waals surface area contributed by atoms with Crippen LogP contribution in [0.2, 0.25) is 10.0 Å². The largest absolute Gasteiger partial charge is 0.457 e. The summed E-state index contributed by atoms with van der Waals surface area (Å²) in [6, 6.07) is 19.4. The SMILES string of the molecule is Clc1ccc(NSc2ccc(Oc3ccc(Br)cc3)cc2)c2[nH]cc(Cl)c12. The molecule has 0 radical (unpaired) electrons. The predicted octanol–water partition coefficient (Wildman–Crippen LogP) is 8.15. The third-order valence-corrected chi connectivity index (χ3v) is 5.86. The molecule has 1 heterocycles. The van der Waals surface area contributed by atoms with Gasteiger partial charge in [0.1, 0.15) is 11.5 Å². The molecule has 4 aromatic rings. The Morgan fingerprint density at radius 2 is 1.52 bits per heavy atom. The van der Waals surface area contributed by atoms with Crippen LogP contribution in [0.25, 0.3) is 10.9 Å². The Kier molecular flexibility index (Phi) is 5.55. The van der Waals surface area contributed by atoms with Crippen LogP contribution in [0.3, 0.4) is 0 Å². The molecule has 27 heavy (non-hydrogen) atoms. The van der Waals surface area contributed by atoms with E-state index >= 15 is 0 Å². The van der Waals surface area contributed by atoms with Crippen molar-refractivity contribution in [1.82, 2.24) is 4.98 Å². The molecule has 3 aromatic carbocycles. The van der Waals surface area contributed by atoms with Crippen LogP contribution in [-0.4, -0.2) is 4.98 Å². The lowest BCUT2D eigenvalue weighted by Crippen LogP contribution is -1.89. The number of fused-ring (bicyclic) bond motifs is 1. The standard InChI is InChI=1S/C20H13BrCl2N2OS/c21-12-1-3-13(4-2-12)26-14-5-7-15(8-6-14)27-25-18-10-9-16(22)19-17(23)11-24-20(18)19/h1-11,24-25H. The molecule has 0 unspecified atom stereocenters. The van der Waals surface area contributed by atoms with Crippen LogP contribution in [0.4, 0.5) is 5.69 Å². The number of nitrogens with one attached hydrogen (secondary N) is 2. The van der Waals surface area contributed by atoms with Crippen LogP contribution in [0.5, 0.6) is 11.5 Å². The van der Waals surface area contributed by atoms with Crippen molar-refractivity contribution in [3.63, 3.8) is 0 Å². The predicted molar refractivity (Wildman–Crippen MR) is 118 cm³/mol. The fourth-order valence-electron chi connectivity index (χ4n) is 2.58. The molecule has 136 valence electrons.